The molecule has 0 saturated heterocycles. The van der Waals surface area contributed by atoms with Gasteiger partial charge >= 0.3 is 0 Å². The van der Waals surface area contributed by atoms with Crippen LogP contribution in [0, 0.1) is 0 Å². The number of aliphatic carboxylic acids is 1. The van der Waals surface area contributed by atoms with Gasteiger partial charge in [-0.15, -0.1) is 0 Å². The molecule has 24 heavy (non-hydrogen) atoms. The summed E-state index contributed by atoms with van der Waals surface area (Å²) in [6, 6.07) is 0. The normalized spacial score (nSPS) is 11.0. The second-order valence-corrected chi connectivity index (χ2v) is 10.5. The summed E-state index contributed by atoms with van der Waals surface area (Å²) >= 11 is 0. The number of carbonyl (C=O) groups excluding carboxylic acids is 1. The molecule has 0 aromatic rings. The van der Waals surface area contributed by atoms with Crippen molar-refractivity contribution >= 4 is 13.2 Å². The van der Waals surface area contributed by atoms with Crippen LogP contribution in [0.2, 0.25) is 0 Å². The Kier molecular flexibility index (Phi) is 20.6. The Balaban J connectivity index is 0. The zero-order valence-electron chi connectivity index (χ0n) is 16.2. The minimum atomic E-state index is -1.08. The van der Waals surface area contributed by atoms with Gasteiger partial charge in [-0.2, -0.15) is 0 Å². The number of hydrogen-bond acceptors (Lipinski definition) is 6. The first kappa shape index (κ1) is 26.0. The van der Waals surface area contributed by atoms with E-state index in [1.807, 2.05) is 20.8 Å². The summed E-state index contributed by atoms with van der Waals surface area (Å²) in [5, 5.41) is 9.87. The third kappa shape index (κ3) is 24.0. The molecule has 0 aromatic carbocycles. The lowest BCUT2D eigenvalue weighted by Gasteiger charge is -2.17. The van der Waals surface area contributed by atoms with Crippen molar-refractivity contribution in [3.05, 3.63) is 0 Å². The predicted octanol–water partition coefficient (Wildman–Crippen LogP) is 1.52. The number of rotatable bonds is 15. The molecule has 0 atom stereocenters. The summed E-state index contributed by atoms with van der Waals surface area (Å²) in [7, 11) is -0.752. The van der Waals surface area contributed by atoms with E-state index in [2.05, 4.69) is 13.3 Å². The Hall–Kier alpha value is -0.260. The van der Waals surface area contributed by atoms with Crippen LogP contribution in [0.25, 0.3) is 0 Å². The van der Waals surface area contributed by atoms with E-state index in [1.54, 1.807) is 0 Å². The number of carboxylic acid groups (broad SMARTS) is 1. The van der Waals surface area contributed by atoms with Crippen LogP contribution in [0.4, 0.5) is 0 Å². The smallest absolute Gasteiger partial charge is 0.0823 e. The van der Waals surface area contributed by atoms with Crippen molar-refractivity contribution in [2.24, 2.45) is 0 Å². The van der Waals surface area contributed by atoms with E-state index in [-0.39, 0.29) is 13.0 Å². The highest BCUT2D eigenvalue weighted by Gasteiger charge is 2.23. The topological polar surface area (TPSA) is 77.1 Å². The van der Waals surface area contributed by atoms with Gasteiger partial charge in [0.25, 0.3) is 0 Å². The minimum Gasteiger partial charge on any atom is -0.550 e. The number of ether oxygens (including phenoxy) is 4. The summed E-state index contributed by atoms with van der Waals surface area (Å²) in [5.41, 5.74) is 0. The van der Waals surface area contributed by atoms with E-state index in [0.717, 1.165) is 26.4 Å². The fraction of sp³-hybridized carbons (Fsp3) is 0.941. The maximum absolute atomic E-state index is 9.87. The summed E-state index contributed by atoms with van der Waals surface area (Å²) < 4.78 is 20.6. The largest absolute Gasteiger partial charge is 0.550 e. The molecule has 0 aliphatic rings. The van der Waals surface area contributed by atoms with Crippen LogP contribution >= 0.6 is 7.26 Å². The van der Waals surface area contributed by atoms with E-state index < -0.39 is 13.2 Å². The second kappa shape index (κ2) is 19.1. The minimum absolute atomic E-state index is 0.0495. The van der Waals surface area contributed by atoms with Crippen molar-refractivity contribution in [3.8, 4) is 0 Å². The lowest BCUT2D eigenvalue weighted by molar-refractivity contribution is -0.306. The molecular formula is C17H37O6P. The highest BCUT2D eigenvalue weighted by atomic mass is 31.2. The third-order valence-electron chi connectivity index (χ3n) is 3.12. The summed E-state index contributed by atoms with van der Waals surface area (Å²) in [6.45, 7) is 16.1. The third-order valence-corrected chi connectivity index (χ3v) is 5.90. The van der Waals surface area contributed by atoms with Gasteiger partial charge in [0.15, 0.2) is 0 Å². The molecule has 0 N–H and O–H groups in total. The average molecular weight is 368 g/mol. The maximum atomic E-state index is 9.87. The number of hydrogen-bond donors (Lipinski definition) is 0. The van der Waals surface area contributed by atoms with Gasteiger partial charge in [0.05, 0.1) is 45.4 Å². The van der Waals surface area contributed by atoms with Crippen molar-refractivity contribution in [3.63, 3.8) is 0 Å². The Labute approximate surface area is 148 Å². The van der Waals surface area contributed by atoms with Crippen molar-refractivity contribution < 1.29 is 28.8 Å². The first-order valence-corrected chi connectivity index (χ1v) is 11.8. The van der Waals surface area contributed by atoms with Gasteiger partial charge in [-0.05, 0) is 20.8 Å². The van der Waals surface area contributed by atoms with Gasteiger partial charge in [-0.25, -0.2) is 0 Å². The second-order valence-electron chi connectivity index (χ2n) is 5.71. The lowest BCUT2D eigenvalue weighted by Crippen LogP contribution is -2.23. The first-order chi connectivity index (χ1) is 11.4. The summed E-state index contributed by atoms with van der Waals surface area (Å²) in [6.07, 6.45) is 2.41. The lowest BCUT2D eigenvalue weighted by atomic mass is 10.5. The molecule has 0 spiro atoms. The molecule has 0 fully saturated rings. The number of carbonyl (C=O) groups is 1. The van der Waals surface area contributed by atoms with Gasteiger partial charge in [0, 0.05) is 52.8 Å². The van der Waals surface area contributed by atoms with Crippen LogP contribution in [0.1, 0.15) is 27.2 Å². The quantitative estimate of drug-likeness (QED) is 0.322. The van der Waals surface area contributed by atoms with Crippen LogP contribution < -0.4 is 5.11 Å². The Bertz CT molecular complexity index is 262. The molecule has 0 bridgehead atoms. The van der Waals surface area contributed by atoms with Crippen molar-refractivity contribution in [2.75, 3.05) is 78.5 Å². The predicted molar refractivity (Wildman–Crippen MR) is 98.4 cm³/mol. The molecule has 0 aromatic heterocycles. The molecule has 0 unspecified atom stereocenters. The van der Waals surface area contributed by atoms with E-state index in [9.17, 15) is 9.90 Å². The molecule has 0 rings (SSSR count). The first-order valence-electron chi connectivity index (χ1n) is 8.72. The molecule has 7 heteroatoms. The highest BCUT2D eigenvalue weighted by molar-refractivity contribution is 7.74. The fourth-order valence-electron chi connectivity index (χ4n) is 1.54. The molecule has 0 aliphatic carbocycles. The van der Waals surface area contributed by atoms with E-state index >= 15 is 0 Å². The standard InChI is InChI=1S/C10H24O2P.C7H14O4/c1-5-11-7-9-13(3,4)10-8-12-6-2;1-2-10-5-6-11-4-3-7(8)9/h5-10H2,1-4H3;2-6H2,1H3,(H,8,9)/q+1;/p-1. The highest BCUT2D eigenvalue weighted by Crippen LogP contribution is 2.50. The van der Waals surface area contributed by atoms with Crippen LogP contribution in [0.5, 0.6) is 0 Å². The van der Waals surface area contributed by atoms with Gasteiger partial charge in [0.2, 0.25) is 0 Å². The summed E-state index contributed by atoms with van der Waals surface area (Å²) in [4.78, 5) is 9.87. The zero-order valence-corrected chi connectivity index (χ0v) is 17.1. The number of carboxylic acids is 1. The van der Waals surface area contributed by atoms with E-state index in [1.165, 1.54) is 12.3 Å². The molecule has 146 valence electrons. The van der Waals surface area contributed by atoms with Gasteiger partial charge < -0.3 is 28.8 Å². The molecule has 0 radical (unpaired) electrons. The van der Waals surface area contributed by atoms with Crippen molar-refractivity contribution in [2.45, 2.75) is 27.2 Å². The van der Waals surface area contributed by atoms with E-state index in [4.69, 9.17) is 18.9 Å². The monoisotopic (exact) mass is 368 g/mol. The molecular weight excluding hydrogens is 331 g/mol. The SMILES string of the molecule is CCOCCOCCC(=O)[O-].CCOCC[P+](C)(C)CCOCC. The molecule has 0 amide bonds. The van der Waals surface area contributed by atoms with Gasteiger partial charge in [-0.1, -0.05) is 0 Å². The zero-order chi connectivity index (χ0) is 18.7. The molecule has 0 aliphatic heterocycles. The fourth-order valence-corrected chi connectivity index (χ4v) is 3.01. The average Bonchev–Trinajstić information content (AvgIpc) is 2.51. The molecule has 0 saturated carbocycles. The van der Waals surface area contributed by atoms with Crippen LogP contribution in [0.3, 0.4) is 0 Å². The Morgan fingerprint density at radius 2 is 1.17 bits per heavy atom. The van der Waals surface area contributed by atoms with Gasteiger partial charge in [0.1, 0.15) is 0 Å². The maximum Gasteiger partial charge on any atom is 0.0823 e. The summed E-state index contributed by atoms with van der Waals surface area (Å²) in [5.74, 6) is -1.08. The Morgan fingerprint density at radius 3 is 1.58 bits per heavy atom. The van der Waals surface area contributed by atoms with Gasteiger partial charge in [-0.3, -0.25) is 0 Å². The van der Waals surface area contributed by atoms with E-state index in [0.29, 0.717) is 19.8 Å². The molecule has 6 nitrogen and oxygen atoms in total. The van der Waals surface area contributed by atoms with Crippen molar-refractivity contribution in [1.29, 1.82) is 0 Å². The van der Waals surface area contributed by atoms with Crippen LogP contribution in [-0.4, -0.2) is 84.5 Å². The van der Waals surface area contributed by atoms with Crippen molar-refractivity contribution in [1.82, 2.24) is 0 Å². The van der Waals surface area contributed by atoms with Crippen LogP contribution in [0.15, 0.2) is 0 Å². The Morgan fingerprint density at radius 1 is 0.750 bits per heavy atom. The molecule has 0 heterocycles. The van der Waals surface area contributed by atoms with Crippen LogP contribution in [-0.2, 0) is 23.7 Å².